The van der Waals surface area contributed by atoms with Gasteiger partial charge in [-0.2, -0.15) is 0 Å². The van der Waals surface area contributed by atoms with Gasteiger partial charge in [0.1, 0.15) is 12.2 Å². The summed E-state index contributed by atoms with van der Waals surface area (Å²) in [6.07, 6.45) is -1.05. The molecule has 0 aliphatic carbocycles. The van der Waals surface area contributed by atoms with E-state index in [4.69, 9.17) is 4.74 Å². The third kappa shape index (κ3) is 6.42. The first kappa shape index (κ1) is 13.4. The summed E-state index contributed by atoms with van der Waals surface area (Å²) in [5.74, 6) is -1.33. The Bertz CT molecular complexity index is 296. The first-order chi connectivity index (χ1) is 6.82. The van der Waals surface area contributed by atoms with Crippen LogP contribution in [-0.2, 0) is 19.1 Å². The summed E-state index contributed by atoms with van der Waals surface area (Å²) < 4.78 is 4.75. The fourth-order valence-corrected chi connectivity index (χ4v) is 0.779. The molecular formula is C10H15NO4. The Morgan fingerprint density at radius 1 is 1.33 bits per heavy atom. The fourth-order valence-electron chi connectivity index (χ4n) is 0.779. The molecule has 0 bridgehead atoms. The largest absolute Gasteiger partial charge is 0.442 e. The van der Waals surface area contributed by atoms with Crippen LogP contribution in [0.2, 0.25) is 0 Å². The van der Waals surface area contributed by atoms with E-state index in [2.05, 4.69) is 11.9 Å². The van der Waals surface area contributed by atoms with Gasteiger partial charge in [-0.1, -0.05) is 6.58 Å². The van der Waals surface area contributed by atoms with E-state index in [9.17, 15) is 14.4 Å². The van der Waals surface area contributed by atoms with Crippen molar-refractivity contribution < 1.29 is 19.1 Å². The number of hydrogen-bond acceptors (Lipinski definition) is 4. The lowest BCUT2D eigenvalue weighted by Crippen LogP contribution is -2.36. The number of amides is 1. The minimum Gasteiger partial charge on any atom is -0.442 e. The van der Waals surface area contributed by atoms with Gasteiger partial charge in [-0.05, 0) is 20.8 Å². The third-order valence-electron chi connectivity index (χ3n) is 1.42. The van der Waals surface area contributed by atoms with E-state index in [-0.39, 0.29) is 12.2 Å². The van der Waals surface area contributed by atoms with E-state index in [0.717, 1.165) is 0 Å². The van der Waals surface area contributed by atoms with Crippen molar-refractivity contribution in [1.29, 1.82) is 0 Å². The second-order valence-corrected chi connectivity index (χ2v) is 3.26. The number of rotatable bonds is 5. The topological polar surface area (TPSA) is 72.5 Å². The number of nitrogens with one attached hydrogen (secondary N) is 1. The van der Waals surface area contributed by atoms with Gasteiger partial charge in [-0.3, -0.25) is 14.4 Å². The van der Waals surface area contributed by atoms with Gasteiger partial charge in [0.25, 0.3) is 0 Å². The van der Waals surface area contributed by atoms with Crippen LogP contribution in [0.3, 0.4) is 0 Å². The molecule has 84 valence electrons. The fraction of sp³-hybridized carbons (Fsp3) is 0.500. The van der Waals surface area contributed by atoms with E-state index >= 15 is 0 Å². The van der Waals surface area contributed by atoms with Crippen molar-refractivity contribution in [2.45, 2.75) is 33.4 Å². The highest BCUT2D eigenvalue weighted by atomic mass is 16.6. The van der Waals surface area contributed by atoms with Crippen molar-refractivity contribution in [2.24, 2.45) is 0 Å². The third-order valence-corrected chi connectivity index (χ3v) is 1.42. The summed E-state index contributed by atoms with van der Waals surface area (Å²) in [7, 11) is 0. The minimum absolute atomic E-state index is 0.279. The van der Waals surface area contributed by atoms with Crippen molar-refractivity contribution in [1.82, 2.24) is 5.32 Å². The van der Waals surface area contributed by atoms with Gasteiger partial charge in [0.15, 0.2) is 6.23 Å². The van der Waals surface area contributed by atoms with E-state index in [1.54, 1.807) is 6.92 Å². The van der Waals surface area contributed by atoms with Gasteiger partial charge in [0.05, 0.1) is 0 Å². The van der Waals surface area contributed by atoms with Crippen molar-refractivity contribution in [3.05, 3.63) is 12.2 Å². The van der Waals surface area contributed by atoms with Crippen LogP contribution in [-0.4, -0.2) is 23.9 Å². The Kier molecular flexibility index (Phi) is 5.30. The van der Waals surface area contributed by atoms with E-state index in [1.807, 2.05) is 0 Å². The molecule has 0 rings (SSSR count). The maximum Gasteiger partial charge on any atom is 0.315 e. The molecule has 0 aliphatic heterocycles. The van der Waals surface area contributed by atoms with Crippen LogP contribution in [0.4, 0.5) is 0 Å². The molecule has 0 saturated carbocycles. The van der Waals surface area contributed by atoms with Crippen molar-refractivity contribution >= 4 is 17.7 Å². The molecule has 5 heteroatoms. The van der Waals surface area contributed by atoms with Crippen molar-refractivity contribution in [3.8, 4) is 0 Å². The Morgan fingerprint density at radius 3 is 2.27 bits per heavy atom. The Balaban J connectivity index is 3.98. The molecule has 0 saturated heterocycles. The quantitative estimate of drug-likeness (QED) is 0.313. The number of ether oxygens (including phenoxy) is 1. The van der Waals surface area contributed by atoms with Gasteiger partial charge in [-0.25, -0.2) is 0 Å². The van der Waals surface area contributed by atoms with Crippen LogP contribution in [0.25, 0.3) is 0 Å². The highest BCUT2D eigenvalue weighted by Crippen LogP contribution is 1.95. The number of hydrogen-bond donors (Lipinski definition) is 1. The summed E-state index contributed by atoms with van der Waals surface area (Å²) in [6, 6.07) is 0. The molecule has 5 nitrogen and oxygen atoms in total. The van der Waals surface area contributed by atoms with Gasteiger partial charge in [0, 0.05) is 5.57 Å². The van der Waals surface area contributed by atoms with Crippen molar-refractivity contribution in [2.75, 3.05) is 0 Å². The first-order valence-corrected chi connectivity index (χ1v) is 4.48. The molecule has 0 aromatic heterocycles. The molecule has 0 fully saturated rings. The molecular weight excluding hydrogens is 198 g/mol. The van der Waals surface area contributed by atoms with Crippen LogP contribution in [0.15, 0.2) is 12.2 Å². The number of esters is 1. The normalized spacial score (nSPS) is 11.4. The zero-order chi connectivity index (χ0) is 12.0. The molecule has 1 N–H and O–H groups in total. The van der Waals surface area contributed by atoms with E-state index in [0.29, 0.717) is 5.57 Å². The van der Waals surface area contributed by atoms with Crippen LogP contribution >= 0.6 is 0 Å². The van der Waals surface area contributed by atoms with Crippen molar-refractivity contribution in [3.63, 3.8) is 0 Å². The predicted molar refractivity (Wildman–Crippen MR) is 53.8 cm³/mol. The SMILES string of the molecule is C=C(C)C(=O)NC(C)OC(=O)CC(C)=O. The minimum atomic E-state index is -0.763. The molecule has 0 aromatic carbocycles. The van der Waals surface area contributed by atoms with Crippen LogP contribution in [0.1, 0.15) is 27.2 Å². The zero-order valence-electron chi connectivity index (χ0n) is 9.12. The number of carbonyl (C=O) groups excluding carboxylic acids is 3. The van der Waals surface area contributed by atoms with Crippen LogP contribution in [0, 0.1) is 0 Å². The maximum atomic E-state index is 11.1. The second kappa shape index (κ2) is 5.95. The molecule has 0 aromatic rings. The lowest BCUT2D eigenvalue weighted by Gasteiger charge is -2.14. The molecule has 1 amide bonds. The lowest BCUT2D eigenvalue weighted by atomic mass is 10.3. The summed E-state index contributed by atoms with van der Waals surface area (Å²) in [5, 5.41) is 2.39. The van der Waals surface area contributed by atoms with Gasteiger partial charge in [-0.15, -0.1) is 0 Å². The Morgan fingerprint density at radius 2 is 1.87 bits per heavy atom. The zero-order valence-corrected chi connectivity index (χ0v) is 9.12. The molecule has 0 aliphatic rings. The average Bonchev–Trinajstić information content (AvgIpc) is 2.00. The molecule has 0 spiro atoms. The van der Waals surface area contributed by atoms with E-state index in [1.165, 1.54) is 13.8 Å². The number of carbonyl (C=O) groups is 3. The first-order valence-electron chi connectivity index (χ1n) is 4.48. The summed E-state index contributed by atoms with van der Waals surface area (Å²) in [6.45, 7) is 7.76. The molecule has 0 heterocycles. The van der Waals surface area contributed by atoms with E-state index < -0.39 is 18.1 Å². The maximum absolute atomic E-state index is 11.1. The highest BCUT2D eigenvalue weighted by molar-refractivity contribution is 5.94. The Hall–Kier alpha value is -1.65. The average molecular weight is 213 g/mol. The molecule has 1 atom stereocenters. The summed E-state index contributed by atoms with van der Waals surface area (Å²) >= 11 is 0. The van der Waals surface area contributed by atoms with Crippen LogP contribution in [0.5, 0.6) is 0 Å². The van der Waals surface area contributed by atoms with Gasteiger partial charge in [0.2, 0.25) is 5.91 Å². The highest BCUT2D eigenvalue weighted by Gasteiger charge is 2.13. The second-order valence-electron chi connectivity index (χ2n) is 3.26. The van der Waals surface area contributed by atoms with Gasteiger partial charge < -0.3 is 10.1 Å². The summed E-state index contributed by atoms with van der Waals surface area (Å²) in [4.78, 5) is 32.7. The molecule has 1 unspecified atom stereocenters. The molecule has 15 heavy (non-hydrogen) atoms. The number of Topliss-reactive ketones (excluding diaryl/α,β-unsaturated/α-hetero) is 1. The predicted octanol–water partition coefficient (Wildman–Crippen LogP) is 0.547. The lowest BCUT2D eigenvalue weighted by molar-refractivity contribution is -0.152. The van der Waals surface area contributed by atoms with Gasteiger partial charge >= 0.3 is 5.97 Å². The van der Waals surface area contributed by atoms with Crippen LogP contribution < -0.4 is 5.32 Å². The monoisotopic (exact) mass is 213 g/mol. The standard InChI is InChI=1S/C10H15NO4/c1-6(2)10(14)11-8(4)15-9(13)5-7(3)12/h8H,1,5H2,2-4H3,(H,11,14). The number of ketones is 1. The summed E-state index contributed by atoms with van der Waals surface area (Å²) in [5.41, 5.74) is 0.324. The molecule has 0 radical (unpaired) electrons. The smallest absolute Gasteiger partial charge is 0.315 e. The Labute approximate surface area is 88.5 Å².